The highest BCUT2D eigenvalue weighted by Crippen LogP contribution is 2.13. The van der Waals surface area contributed by atoms with Gasteiger partial charge in [-0.2, -0.15) is 0 Å². The molecular formula is C15H30IN5S. The molecule has 0 aliphatic rings. The number of nitrogens with one attached hydrogen (secondary N) is 2. The monoisotopic (exact) mass is 439 g/mol. The van der Waals surface area contributed by atoms with Gasteiger partial charge in [0.15, 0.2) is 5.96 Å². The first-order chi connectivity index (χ1) is 10.2. The normalized spacial score (nSPS) is 11.4. The van der Waals surface area contributed by atoms with Crippen LogP contribution >= 0.6 is 35.3 Å². The lowest BCUT2D eigenvalue weighted by molar-refractivity contribution is 0.308. The second kappa shape index (κ2) is 13.1. The molecule has 1 aromatic heterocycles. The molecule has 5 nitrogen and oxygen atoms in total. The predicted octanol–water partition coefficient (Wildman–Crippen LogP) is 2.37. The summed E-state index contributed by atoms with van der Waals surface area (Å²) in [5, 5.41) is 7.89. The summed E-state index contributed by atoms with van der Waals surface area (Å²) in [5.41, 5.74) is 0. The molecule has 0 aliphatic carbocycles. The van der Waals surface area contributed by atoms with E-state index >= 15 is 0 Å². The summed E-state index contributed by atoms with van der Waals surface area (Å²) in [7, 11) is 1.81. The van der Waals surface area contributed by atoms with Gasteiger partial charge >= 0.3 is 0 Å². The minimum Gasteiger partial charge on any atom is -0.356 e. The second-order valence-electron chi connectivity index (χ2n) is 4.78. The number of aliphatic imine (C=N–C) groups is 1. The number of halogens is 1. The predicted molar refractivity (Wildman–Crippen MR) is 108 cm³/mol. The summed E-state index contributed by atoms with van der Waals surface area (Å²) < 4.78 is 0. The van der Waals surface area contributed by atoms with E-state index in [4.69, 9.17) is 0 Å². The van der Waals surface area contributed by atoms with Gasteiger partial charge in [0, 0.05) is 44.2 Å². The molecule has 7 heteroatoms. The first kappa shape index (κ1) is 21.6. The lowest BCUT2D eigenvalue weighted by Gasteiger charge is -2.19. The van der Waals surface area contributed by atoms with E-state index in [1.54, 1.807) is 11.3 Å². The molecule has 0 spiro atoms. The number of guanidine groups is 1. The number of hydrogen-bond donors (Lipinski definition) is 2. The highest BCUT2D eigenvalue weighted by atomic mass is 127. The summed E-state index contributed by atoms with van der Waals surface area (Å²) in [6.07, 6.45) is 4.00. The summed E-state index contributed by atoms with van der Waals surface area (Å²) in [4.78, 5) is 12.4. The Labute approximate surface area is 156 Å². The van der Waals surface area contributed by atoms with E-state index in [0.29, 0.717) is 0 Å². The van der Waals surface area contributed by atoms with E-state index in [0.717, 1.165) is 51.5 Å². The zero-order valence-electron chi connectivity index (χ0n) is 14.2. The number of aryl methyl sites for hydroxylation is 1. The first-order valence-electron chi connectivity index (χ1n) is 7.83. The van der Waals surface area contributed by atoms with Gasteiger partial charge in [0.25, 0.3) is 0 Å². The average molecular weight is 439 g/mol. The maximum Gasteiger partial charge on any atom is 0.191 e. The Kier molecular flexibility index (Phi) is 12.8. The number of aromatic nitrogens is 1. The van der Waals surface area contributed by atoms with Crippen LogP contribution in [0.2, 0.25) is 0 Å². The van der Waals surface area contributed by atoms with Crippen LogP contribution in [-0.2, 0) is 12.8 Å². The number of hydrogen-bond acceptors (Lipinski definition) is 4. The van der Waals surface area contributed by atoms with Crippen LogP contribution < -0.4 is 10.6 Å². The van der Waals surface area contributed by atoms with E-state index in [9.17, 15) is 0 Å². The van der Waals surface area contributed by atoms with Crippen LogP contribution in [0, 0.1) is 0 Å². The standard InChI is InChI=1S/C15H29N5S.HI/c1-5-13-12-19-14(21-13)8-9-17-15(16-4)18-10-11-20(6-2)7-3;/h12H,5-11H2,1-4H3,(H2,16,17,18);1H. The van der Waals surface area contributed by atoms with Crippen molar-refractivity contribution in [2.45, 2.75) is 33.6 Å². The molecule has 1 aromatic rings. The maximum atomic E-state index is 4.43. The van der Waals surface area contributed by atoms with Crippen LogP contribution in [0.4, 0.5) is 0 Å². The zero-order chi connectivity index (χ0) is 15.5. The highest BCUT2D eigenvalue weighted by Gasteiger charge is 2.03. The fourth-order valence-electron chi connectivity index (χ4n) is 2.01. The van der Waals surface area contributed by atoms with Gasteiger partial charge in [0.2, 0.25) is 0 Å². The number of likely N-dealkylation sites (N-methyl/N-ethyl adjacent to an activating group) is 1. The fraction of sp³-hybridized carbons (Fsp3) is 0.733. The highest BCUT2D eigenvalue weighted by molar-refractivity contribution is 14.0. The van der Waals surface area contributed by atoms with Crippen molar-refractivity contribution in [3.8, 4) is 0 Å². The van der Waals surface area contributed by atoms with Gasteiger partial charge in [-0.1, -0.05) is 20.8 Å². The van der Waals surface area contributed by atoms with E-state index in [1.807, 2.05) is 13.2 Å². The Balaban J connectivity index is 0.00000441. The van der Waals surface area contributed by atoms with Crippen LogP contribution in [0.15, 0.2) is 11.2 Å². The van der Waals surface area contributed by atoms with Crippen molar-refractivity contribution in [2.24, 2.45) is 4.99 Å². The van der Waals surface area contributed by atoms with E-state index < -0.39 is 0 Å². The molecule has 0 amide bonds. The molecule has 0 radical (unpaired) electrons. The van der Waals surface area contributed by atoms with Crippen LogP contribution in [0.3, 0.4) is 0 Å². The largest absolute Gasteiger partial charge is 0.356 e. The Morgan fingerprint density at radius 1 is 1.23 bits per heavy atom. The van der Waals surface area contributed by atoms with Gasteiger partial charge in [-0.15, -0.1) is 35.3 Å². The van der Waals surface area contributed by atoms with Crippen molar-refractivity contribution in [2.75, 3.05) is 39.8 Å². The molecule has 2 N–H and O–H groups in total. The maximum absolute atomic E-state index is 4.43. The molecule has 1 heterocycles. The van der Waals surface area contributed by atoms with Crippen molar-refractivity contribution in [3.63, 3.8) is 0 Å². The smallest absolute Gasteiger partial charge is 0.191 e. The van der Waals surface area contributed by atoms with Gasteiger partial charge in [-0.3, -0.25) is 4.99 Å². The molecule has 0 saturated heterocycles. The summed E-state index contributed by atoms with van der Waals surface area (Å²) in [6.45, 7) is 11.5. The average Bonchev–Trinajstić information content (AvgIpc) is 2.97. The second-order valence-corrected chi connectivity index (χ2v) is 5.98. The Morgan fingerprint density at radius 2 is 1.91 bits per heavy atom. The molecule has 0 saturated carbocycles. The van der Waals surface area contributed by atoms with Gasteiger partial charge < -0.3 is 15.5 Å². The fourth-order valence-corrected chi connectivity index (χ4v) is 2.87. The molecule has 128 valence electrons. The van der Waals surface area contributed by atoms with Gasteiger partial charge in [0.1, 0.15) is 0 Å². The molecule has 0 atom stereocenters. The number of nitrogens with zero attached hydrogens (tertiary/aromatic N) is 3. The Morgan fingerprint density at radius 3 is 2.45 bits per heavy atom. The summed E-state index contributed by atoms with van der Waals surface area (Å²) in [6, 6.07) is 0. The third-order valence-electron chi connectivity index (χ3n) is 3.42. The molecular weight excluding hydrogens is 409 g/mol. The molecule has 0 aromatic carbocycles. The molecule has 0 unspecified atom stereocenters. The van der Waals surface area contributed by atoms with E-state index in [-0.39, 0.29) is 24.0 Å². The van der Waals surface area contributed by atoms with Crippen molar-refractivity contribution in [3.05, 3.63) is 16.1 Å². The SMILES string of the molecule is CCc1cnc(CCNC(=NC)NCCN(CC)CC)s1.I. The Bertz CT molecular complexity index is 418. The third kappa shape index (κ3) is 8.28. The van der Waals surface area contributed by atoms with Crippen molar-refractivity contribution < 1.29 is 0 Å². The van der Waals surface area contributed by atoms with E-state index in [2.05, 4.69) is 46.3 Å². The topological polar surface area (TPSA) is 52.6 Å². The number of rotatable bonds is 9. The lowest BCUT2D eigenvalue weighted by atomic mass is 10.4. The quantitative estimate of drug-likeness (QED) is 0.353. The molecule has 22 heavy (non-hydrogen) atoms. The van der Waals surface area contributed by atoms with Crippen molar-refractivity contribution >= 4 is 41.3 Å². The van der Waals surface area contributed by atoms with Crippen molar-refractivity contribution in [1.29, 1.82) is 0 Å². The molecule has 0 bridgehead atoms. The Hall–Kier alpha value is -0.410. The van der Waals surface area contributed by atoms with Crippen LogP contribution in [0.1, 0.15) is 30.7 Å². The summed E-state index contributed by atoms with van der Waals surface area (Å²) >= 11 is 1.80. The molecule has 0 fully saturated rings. The van der Waals surface area contributed by atoms with Gasteiger partial charge in [-0.05, 0) is 19.5 Å². The lowest BCUT2D eigenvalue weighted by Crippen LogP contribution is -2.42. The van der Waals surface area contributed by atoms with Crippen LogP contribution in [-0.4, -0.2) is 55.6 Å². The molecule has 1 rings (SSSR count). The van der Waals surface area contributed by atoms with Crippen LogP contribution in [0.5, 0.6) is 0 Å². The number of thiazole rings is 1. The zero-order valence-corrected chi connectivity index (χ0v) is 17.3. The van der Waals surface area contributed by atoms with Gasteiger partial charge in [-0.25, -0.2) is 4.98 Å². The minimum absolute atomic E-state index is 0. The minimum atomic E-state index is 0. The first-order valence-corrected chi connectivity index (χ1v) is 8.65. The summed E-state index contributed by atoms with van der Waals surface area (Å²) in [5.74, 6) is 0.870. The van der Waals surface area contributed by atoms with Crippen LogP contribution in [0.25, 0.3) is 0 Å². The van der Waals surface area contributed by atoms with E-state index in [1.165, 1.54) is 9.88 Å². The third-order valence-corrected chi connectivity index (χ3v) is 4.62. The van der Waals surface area contributed by atoms with Crippen molar-refractivity contribution in [1.82, 2.24) is 20.5 Å². The molecule has 0 aliphatic heterocycles. The van der Waals surface area contributed by atoms with Gasteiger partial charge in [0.05, 0.1) is 5.01 Å².